The third-order valence-corrected chi connectivity index (χ3v) is 3.29. The van der Waals surface area contributed by atoms with Gasteiger partial charge in [0.1, 0.15) is 5.69 Å². The first-order valence-corrected chi connectivity index (χ1v) is 6.59. The molecule has 0 saturated carbocycles. The number of carbonyl (C=O) groups is 2. The summed E-state index contributed by atoms with van der Waals surface area (Å²) in [5.74, 6) is -0.289. The fraction of sp³-hybridized carbons (Fsp3) is 0.500. The lowest BCUT2D eigenvalue weighted by Gasteiger charge is -2.30. The van der Waals surface area contributed by atoms with Gasteiger partial charge in [-0.3, -0.25) is 14.6 Å². The number of aromatic nitrogens is 1. The van der Waals surface area contributed by atoms with Gasteiger partial charge in [-0.2, -0.15) is 0 Å². The number of rotatable bonds is 3. The van der Waals surface area contributed by atoms with Crippen LogP contribution in [0.3, 0.4) is 0 Å². The standard InChI is InChI=1S/C14H18N2O3/c1-2-19-14(18)11-6-9-16(10-7-11)13(17)12-5-3-4-8-15-12/h3-5,8,11H,2,6-7,9-10H2,1H3. The number of piperidine rings is 1. The maximum absolute atomic E-state index is 12.1. The molecular weight excluding hydrogens is 244 g/mol. The molecule has 0 spiro atoms. The van der Waals surface area contributed by atoms with E-state index in [-0.39, 0.29) is 17.8 Å². The van der Waals surface area contributed by atoms with E-state index in [2.05, 4.69) is 4.98 Å². The van der Waals surface area contributed by atoms with Crippen LogP contribution < -0.4 is 0 Å². The quantitative estimate of drug-likeness (QED) is 0.774. The van der Waals surface area contributed by atoms with E-state index in [1.807, 2.05) is 0 Å². The van der Waals surface area contributed by atoms with Gasteiger partial charge in [0.05, 0.1) is 12.5 Å². The molecule has 5 heteroatoms. The summed E-state index contributed by atoms with van der Waals surface area (Å²) < 4.78 is 5.01. The zero-order chi connectivity index (χ0) is 13.7. The molecule has 5 nitrogen and oxygen atoms in total. The molecule has 0 atom stereocenters. The minimum atomic E-state index is -0.146. The highest BCUT2D eigenvalue weighted by Gasteiger charge is 2.28. The van der Waals surface area contributed by atoms with E-state index in [1.165, 1.54) is 0 Å². The number of pyridine rings is 1. The van der Waals surface area contributed by atoms with Crippen molar-refractivity contribution >= 4 is 11.9 Å². The van der Waals surface area contributed by atoms with E-state index >= 15 is 0 Å². The Morgan fingerprint density at radius 3 is 2.68 bits per heavy atom. The van der Waals surface area contributed by atoms with Crippen LogP contribution in [0.5, 0.6) is 0 Å². The van der Waals surface area contributed by atoms with Crippen molar-refractivity contribution in [3.63, 3.8) is 0 Å². The van der Waals surface area contributed by atoms with Crippen molar-refractivity contribution in [2.24, 2.45) is 5.92 Å². The van der Waals surface area contributed by atoms with Crippen molar-refractivity contribution in [3.8, 4) is 0 Å². The van der Waals surface area contributed by atoms with Crippen LogP contribution in [0.4, 0.5) is 0 Å². The van der Waals surface area contributed by atoms with E-state index in [0.29, 0.717) is 38.2 Å². The number of hydrogen-bond acceptors (Lipinski definition) is 4. The Hall–Kier alpha value is -1.91. The lowest BCUT2D eigenvalue weighted by molar-refractivity contribution is -0.149. The van der Waals surface area contributed by atoms with E-state index in [4.69, 9.17) is 4.74 Å². The van der Waals surface area contributed by atoms with Gasteiger partial charge in [0.2, 0.25) is 0 Å². The second kappa shape index (κ2) is 6.31. The van der Waals surface area contributed by atoms with Crippen LogP contribution in [-0.4, -0.2) is 41.5 Å². The van der Waals surface area contributed by atoms with Gasteiger partial charge >= 0.3 is 5.97 Å². The second-order valence-electron chi connectivity index (χ2n) is 4.53. The third-order valence-electron chi connectivity index (χ3n) is 3.29. The molecule has 0 unspecified atom stereocenters. The molecule has 1 aliphatic heterocycles. The van der Waals surface area contributed by atoms with Crippen LogP contribution in [-0.2, 0) is 9.53 Å². The summed E-state index contributed by atoms with van der Waals surface area (Å²) in [5, 5.41) is 0. The molecule has 1 aromatic rings. The van der Waals surface area contributed by atoms with E-state index in [1.54, 1.807) is 36.2 Å². The lowest BCUT2D eigenvalue weighted by atomic mass is 9.97. The topological polar surface area (TPSA) is 59.5 Å². The molecule has 0 bridgehead atoms. The molecule has 0 radical (unpaired) electrons. The van der Waals surface area contributed by atoms with Crippen LogP contribution in [0.2, 0.25) is 0 Å². The fourth-order valence-corrected chi connectivity index (χ4v) is 2.23. The highest BCUT2D eigenvalue weighted by atomic mass is 16.5. The minimum Gasteiger partial charge on any atom is -0.466 e. The highest BCUT2D eigenvalue weighted by Crippen LogP contribution is 2.19. The second-order valence-corrected chi connectivity index (χ2v) is 4.53. The van der Waals surface area contributed by atoms with Crippen LogP contribution in [0.15, 0.2) is 24.4 Å². The Labute approximate surface area is 112 Å². The highest BCUT2D eigenvalue weighted by molar-refractivity contribution is 5.92. The van der Waals surface area contributed by atoms with E-state index in [9.17, 15) is 9.59 Å². The lowest BCUT2D eigenvalue weighted by Crippen LogP contribution is -2.40. The molecule has 1 fully saturated rings. The predicted molar refractivity (Wildman–Crippen MR) is 69.5 cm³/mol. The van der Waals surface area contributed by atoms with Gasteiger partial charge in [-0.15, -0.1) is 0 Å². The maximum Gasteiger partial charge on any atom is 0.309 e. The van der Waals surface area contributed by atoms with Crippen molar-refractivity contribution in [2.75, 3.05) is 19.7 Å². The number of likely N-dealkylation sites (tertiary alicyclic amines) is 1. The summed E-state index contributed by atoms with van der Waals surface area (Å²) in [7, 11) is 0. The van der Waals surface area contributed by atoms with Crippen molar-refractivity contribution in [1.82, 2.24) is 9.88 Å². The first-order valence-electron chi connectivity index (χ1n) is 6.59. The number of carbonyl (C=O) groups excluding carboxylic acids is 2. The molecule has 1 saturated heterocycles. The zero-order valence-corrected chi connectivity index (χ0v) is 11.0. The summed E-state index contributed by atoms with van der Waals surface area (Å²) >= 11 is 0. The molecule has 0 aliphatic carbocycles. The molecule has 1 aliphatic rings. The molecule has 19 heavy (non-hydrogen) atoms. The Bertz CT molecular complexity index is 439. The Kier molecular flexibility index (Phi) is 4.49. The van der Waals surface area contributed by atoms with Gasteiger partial charge < -0.3 is 9.64 Å². The summed E-state index contributed by atoms with van der Waals surface area (Å²) in [6, 6.07) is 5.29. The third kappa shape index (κ3) is 3.30. The average molecular weight is 262 g/mol. The summed E-state index contributed by atoms with van der Waals surface area (Å²) in [4.78, 5) is 29.6. The van der Waals surface area contributed by atoms with Crippen molar-refractivity contribution in [2.45, 2.75) is 19.8 Å². The van der Waals surface area contributed by atoms with E-state index < -0.39 is 0 Å². The molecule has 2 heterocycles. The SMILES string of the molecule is CCOC(=O)C1CCN(C(=O)c2ccccn2)CC1. The number of hydrogen-bond donors (Lipinski definition) is 0. The Morgan fingerprint density at radius 2 is 2.11 bits per heavy atom. The summed E-state index contributed by atoms with van der Waals surface area (Å²) in [6.45, 7) is 3.38. The normalized spacial score (nSPS) is 16.2. The zero-order valence-electron chi connectivity index (χ0n) is 11.0. The molecule has 0 N–H and O–H groups in total. The van der Waals surface area contributed by atoms with E-state index in [0.717, 1.165) is 0 Å². The average Bonchev–Trinajstić information content (AvgIpc) is 2.48. The molecule has 1 amide bonds. The Morgan fingerprint density at radius 1 is 1.37 bits per heavy atom. The monoisotopic (exact) mass is 262 g/mol. The smallest absolute Gasteiger partial charge is 0.309 e. The van der Waals surface area contributed by atoms with Gasteiger partial charge in [-0.05, 0) is 31.9 Å². The van der Waals surface area contributed by atoms with Crippen LogP contribution in [0.1, 0.15) is 30.3 Å². The van der Waals surface area contributed by atoms with Gasteiger partial charge in [0.15, 0.2) is 0 Å². The molecule has 102 valence electrons. The summed E-state index contributed by atoms with van der Waals surface area (Å²) in [6.07, 6.45) is 2.94. The first kappa shape index (κ1) is 13.5. The van der Waals surface area contributed by atoms with Crippen molar-refractivity contribution in [1.29, 1.82) is 0 Å². The molecule has 2 rings (SSSR count). The maximum atomic E-state index is 12.1. The van der Waals surface area contributed by atoms with Crippen LogP contribution in [0, 0.1) is 5.92 Å². The first-order chi connectivity index (χ1) is 9.22. The van der Waals surface area contributed by atoms with Gasteiger partial charge in [0, 0.05) is 19.3 Å². The number of amides is 1. The van der Waals surface area contributed by atoms with Gasteiger partial charge in [0.25, 0.3) is 5.91 Å². The Balaban J connectivity index is 1.90. The predicted octanol–water partition coefficient (Wildman–Crippen LogP) is 1.50. The largest absolute Gasteiger partial charge is 0.466 e. The van der Waals surface area contributed by atoms with Gasteiger partial charge in [-0.25, -0.2) is 0 Å². The van der Waals surface area contributed by atoms with Crippen molar-refractivity contribution < 1.29 is 14.3 Å². The summed E-state index contributed by atoms with van der Waals surface area (Å²) in [5.41, 5.74) is 0.456. The molecule has 1 aromatic heterocycles. The van der Waals surface area contributed by atoms with Gasteiger partial charge in [-0.1, -0.05) is 6.07 Å². The number of ether oxygens (including phenoxy) is 1. The number of esters is 1. The van der Waals surface area contributed by atoms with Crippen LogP contribution in [0.25, 0.3) is 0 Å². The minimum absolute atomic E-state index is 0.0668. The fourth-order valence-electron chi connectivity index (χ4n) is 2.23. The van der Waals surface area contributed by atoms with Crippen molar-refractivity contribution in [3.05, 3.63) is 30.1 Å². The molecule has 0 aromatic carbocycles. The molecular formula is C14H18N2O3. The van der Waals surface area contributed by atoms with Crippen LogP contribution >= 0.6 is 0 Å². The number of nitrogens with zero attached hydrogens (tertiary/aromatic N) is 2.